The third-order valence-electron chi connectivity index (χ3n) is 2.77. The number of nitrogens with zero attached hydrogens (tertiary/aromatic N) is 1. The zero-order valence-electron chi connectivity index (χ0n) is 9.66. The molecule has 1 fully saturated rings. The van der Waals surface area contributed by atoms with Crippen molar-refractivity contribution in [1.82, 2.24) is 4.98 Å². The Morgan fingerprint density at radius 2 is 2.31 bits per heavy atom. The maximum atomic E-state index is 5.69. The Bertz CT molecular complexity index is 368. The van der Waals surface area contributed by atoms with E-state index in [0.717, 1.165) is 29.6 Å². The standard InChI is InChI=1S/C12H17BrN2O/c1-12(2)6-10(3-4-16-12)15-11-5-9(13)7-14-8-11/h5,7-8,10,15H,3-4,6H2,1-2H3. The van der Waals surface area contributed by atoms with Crippen molar-refractivity contribution in [2.24, 2.45) is 0 Å². The van der Waals surface area contributed by atoms with E-state index in [1.165, 1.54) is 0 Å². The molecule has 0 radical (unpaired) electrons. The third kappa shape index (κ3) is 3.19. The highest BCUT2D eigenvalue weighted by atomic mass is 79.9. The van der Waals surface area contributed by atoms with Crippen LogP contribution < -0.4 is 5.32 Å². The summed E-state index contributed by atoms with van der Waals surface area (Å²) in [6, 6.07) is 2.52. The predicted molar refractivity (Wildman–Crippen MR) is 68.6 cm³/mol. The molecule has 2 heterocycles. The Balaban J connectivity index is 1.99. The van der Waals surface area contributed by atoms with Crippen molar-refractivity contribution >= 4 is 21.6 Å². The van der Waals surface area contributed by atoms with Crippen LogP contribution in [-0.2, 0) is 4.74 Å². The number of halogens is 1. The van der Waals surface area contributed by atoms with Gasteiger partial charge in [0.1, 0.15) is 0 Å². The average molecular weight is 285 g/mol. The van der Waals surface area contributed by atoms with E-state index in [2.05, 4.69) is 46.1 Å². The van der Waals surface area contributed by atoms with Gasteiger partial charge in [-0.1, -0.05) is 0 Å². The molecule has 2 rings (SSSR count). The number of ether oxygens (including phenoxy) is 1. The van der Waals surface area contributed by atoms with Gasteiger partial charge in [-0.2, -0.15) is 0 Å². The Morgan fingerprint density at radius 3 is 3.00 bits per heavy atom. The van der Waals surface area contributed by atoms with Crippen molar-refractivity contribution in [2.75, 3.05) is 11.9 Å². The summed E-state index contributed by atoms with van der Waals surface area (Å²) in [6.07, 6.45) is 5.72. The summed E-state index contributed by atoms with van der Waals surface area (Å²) in [5.41, 5.74) is 1.05. The van der Waals surface area contributed by atoms with E-state index in [4.69, 9.17) is 4.74 Å². The second kappa shape index (κ2) is 4.72. The van der Waals surface area contributed by atoms with Crippen LogP contribution in [0, 0.1) is 0 Å². The van der Waals surface area contributed by atoms with Gasteiger partial charge in [-0.25, -0.2) is 0 Å². The van der Waals surface area contributed by atoms with Crippen molar-refractivity contribution in [3.63, 3.8) is 0 Å². The molecular formula is C12H17BrN2O. The minimum atomic E-state index is -0.0185. The van der Waals surface area contributed by atoms with E-state index in [1.807, 2.05) is 6.20 Å². The second-order valence-electron chi connectivity index (χ2n) is 4.83. The minimum absolute atomic E-state index is 0.0185. The maximum Gasteiger partial charge on any atom is 0.0646 e. The minimum Gasteiger partial charge on any atom is -0.381 e. The van der Waals surface area contributed by atoms with E-state index in [9.17, 15) is 0 Å². The molecule has 1 aromatic heterocycles. The Labute approximate surface area is 105 Å². The van der Waals surface area contributed by atoms with Crippen molar-refractivity contribution in [3.8, 4) is 0 Å². The highest BCUT2D eigenvalue weighted by molar-refractivity contribution is 9.10. The smallest absolute Gasteiger partial charge is 0.0646 e. The number of hydrogen-bond donors (Lipinski definition) is 1. The van der Waals surface area contributed by atoms with Crippen LogP contribution in [-0.4, -0.2) is 23.2 Å². The van der Waals surface area contributed by atoms with Gasteiger partial charge < -0.3 is 10.1 Å². The molecule has 3 nitrogen and oxygen atoms in total. The van der Waals surface area contributed by atoms with E-state index < -0.39 is 0 Å². The molecule has 0 spiro atoms. The summed E-state index contributed by atoms with van der Waals surface area (Å²) in [7, 11) is 0. The van der Waals surface area contributed by atoms with Crippen LogP contribution >= 0.6 is 15.9 Å². The highest BCUT2D eigenvalue weighted by Crippen LogP contribution is 2.26. The van der Waals surface area contributed by atoms with Crippen LogP contribution in [0.4, 0.5) is 5.69 Å². The first kappa shape index (κ1) is 11.9. The summed E-state index contributed by atoms with van der Waals surface area (Å²) in [5.74, 6) is 0. The molecule has 1 aliphatic rings. The fourth-order valence-electron chi connectivity index (χ4n) is 2.08. The van der Waals surface area contributed by atoms with Crippen LogP contribution in [0.3, 0.4) is 0 Å². The molecule has 0 aromatic carbocycles. The number of pyridine rings is 1. The first-order chi connectivity index (χ1) is 7.55. The number of hydrogen-bond acceptors (Lipinski definition) is 3. The van der Waals surface area contributed by atoms with Crippen LogP contribution in [0.1, 0.15) is 26.7 Å². The van der Waals surface area contributed by atoms with E-state index >= 15 is 0 Å². The molecule has 16 heavy (non-hydrogen) atoms. The largest absolute Gasteiger partial charge is 0.381 e. The molecule has 4 heteroatoms. The first-order valence-corrected chi connectivity index (χ1v) is 6.35. The molecule has 0 bridgehead atoms. The molecule has 1 saturated heterocycles. The fraction of sp³-hybridized carbons (Fsp3) is 0.583. The normalized spacial score (nSPS) is 24.1. The van der Waals surface area contributed by atoms with Crippen LogP contribution in [0.15, 0.2) is 22.9 Å². The van der Waals surface area contributed by atoms with Gasteiger partial charge in [-0.3, -0.25) is 4.98 Å². The Morgan fingerprint density at radius 1 is 1.50 bits per heavy atom. The monoisotopic (exact) mass is 284 g/mol. The van der Waals surface area contributed by atoms with Crippen LogP contribution in [0.25, 0.3) is 0 Å². The Kier molecular flexibility index (Phi) is 3.50. The molecule has 88 valence electrons. The number of nitrogens with one attached hydrogen (secondary N) is 1. The lowest BCUT2D eigenvalue weighted by atomic mass is 9.94. The lowest BCUT2D eigenvalue weighted by molar-refractivity contribution is -0.0553. The van der Waals surface area contributed by atoms with Gasteiger partial charge in [0.05, 0.1) is 17.5 Å². The maximum absolute atomic E-state index is 5.69. The van der Waals surface area contributed by atoms with Gasteiger partial charge in [-0.15, -0.1) is 0 Å². The van der Waals surface area contributed by atoms with E-state index in [0.29, 0.717) is 6.04 Å². The van der Waals surface area contributed by atoms with Gasteiger partial charge in [0, 0.05) is 23.3 Å². The van der Waals surface area contributed by atoms with Gasteiger partial charge in [0.2, 0.25) is 0 Å². The van der Waals surface area contributed by atoms with Crippen molar-refractivity contribution < 1.29 is 4.74 Å². The second-order valence-corrected chi connectivity index (χ2v) is 5.75. The van der Waals surface area contributed by atoms with Gasteiger partial charge >= 0.3 is 0 Å². The molecule has 0 amide bonds. The van der Waals surface area contributed by atoms with Crippen LogP contribution in [0.5, 0.6) is 0 Å². The lowest BCUT2D eigenvalue weighted by Gasteiger charge is -2.36. The molecular weight excluding hydrogens is 268 g/mol. The number of rotatable bonds is 2. The first-order valence-electron chi connectivity index (χ1n) is 5.56. The summed E-state index contributed by atoms with van der Waals surface area (Å²) in [5, 5.41) is 3.50. The van der Waals surface area contributed by atoms with Gasteiger partial charge in [0.25, 0.3) is 0 Å². The van der Waals surface area contributed by atoms with E-state index in [1.54, 1.807) is 6.20 Å². The third-order valence-corrected chi connectivity index (χ3v) is 3.21. The Hall–Kier alpha value is -0.610. The van der Waals surface area contributed by atoms with Gasteiger partial charge in [0.15, 0.2) is 0 Å². The number of anilines is 1. The summed E-state index contributed by atoms with van der Waals surface area (Å²) >= 11 is 3.42. The summed E-state index contributed by atoms with van der Waals surface area (Å²) in [6.45, 7) is 5.10. The molecule has 1 aliphatic heterocycles. The molecule has 1 N–H and O–H groups in total. The molecule has 1 aromatic rings. The van der Waals surface area contributed by atoms with Crippen molar-refractivity contribution in [2.45, 2.75) is 38.3 Å². The zero-order valence-corrected chi connectivity index (χ0v) is 11.3. The molecule has 1 atom stereocenters. The average Bonchev–Trinajstić information content (AvgIpc) is 2.15. The van der Waals surface area contributed by atoms with Gasteiger partial charge in [-0.05, 0) is 48.7 Å². The zero-order chi connectivity index (χ0) is 11.6. The highest BCUT2D eigenvalue weighted by Gasteiger charge is 2.28. The van der Waals surface area contributed by atoms with Crippen molar-refractivity contribution in [3.05, 3.63) is 22.9 Å². The lowest BCUT2D eigenvalue weighted by Crippen LogP contribution is -2.40. The topological polar surface area (TPSA) is 34.2 Å². The van der Waals surface area contributed by atoms with Crippen LogP contribution in [0.2, 0.25) is 0 Å². The number of aromatic nitrogens is 1. The fourth-order valence-corrected chi connectivity index (χ4v) is 2.45. The van der Waals surface area contributed by atoms with E-state index in [-0.39, 0.29) is 5.60 Å². The molecule has 0 saturated carbocycles. The molecule has 1 unspecified atom stereocenters. The van der Waals surface area contributed by atoms with Crippen molar-refractivity contribution in [1.29, 1.82) is 0 Å². The molecule has 0 aliphatic carbocycles. The quantitative estimate of drug-likeness (QED) is 0.906. The summed E-state index contributed by atoms with van der Waals surface area (Å²) < 4.78 is 6.70. The predicted octanol–water partition coefficient (Wildman–Crippen LogP) is 3.21. The SMILES string of the molecule is CC1(C)CC(Nc2cncc(Br)c2)CCO1. The summed E-state index contributed by atoms with van der Waals surface area (Å²) in [4.78, 5) is 4.15.